The Hall–Kier alpha value is -0.980. The van der Waals surface area contributed by atoms with Crippen LogP contribution in [0.3, 0.4) is 0 Å². The second-order valence-corrected chi connectivity index (χ2v) is 5.27. The number of hydrogen-bond donors (Lipinski definition) is 3. The van der Waals surface area contributed by atoms with Crippen LogP contribution in [0.15, 0.2) is 12.1 Å². The van der Waals surface area contributed by atoms with Crippen LogP contribution in [0, 0.1) is 5.41 Å². The Bertz CT molecular complexity index is 421. The molecule has 0 unspecified atom stereocenters. The first-order valence-corrected chi connectivity index (χ1v) is 6.91. The number of rotatable bonds is 6. The minimum absolute atomic E-state index is 0.156. The molecule has 21 heavy (non-hydrogen) atoms. The van der Waals surface area contributed by atoms with E-state index >= 15 is 0 Å². The number of aliphatic hydroxyl groups is 3. The molecular formula is C14H18Cl2O5. The Morgan fingerprint density at radius 3 is 1.43 bits per heavy atom. The maximum atomic E-state index is 10.3. The molecule has 7 heteroatoms. The van der Waals surface area contributed by atoms with Gasteiger partial charge in [0.15, 0.2) is 12.6 Å². The molecule has 0 radical (unpaired) electrons. The quantitative estimate of drug-likeness (QED) is 0.690. The average Bonchev–Trinajstić information content (AvgIpc) is 2.52. The zero-order valence-corrected chi connectivity index (χ0v) is 13.1. The van der Waals surface area contributed by atoms with Gasteiger partial charge in [-0.25, -0.2) is 0 Å². The topological polar surface area (TPSA) is 94.8 Å². The van der Waals surface area contributed by atoms with Crippen molar-refractivity contribution in [2.24, 2.45) is 5.41 Å². The third-order valence-electron chi connectivity index (χ3n) is 3.13. The van der Waals surface area contributed by atoms with Crippen LogP contribution < -0.4 is 0 Å². The van der Waals surface area contributed by atoms with Gasteiger partial charge in [-0.05, 0) is 18.6 Å². The molecule has 0 amide bonds. The van der Waals surface area contributed by atoms with Crippen molar-refractivity contribution in [3.05, 3.63) is 33.3 Å². The summed E-state index contributed by atoms with van der Waals surface area (Å²) in [7, 11) is 0. The van der Waals surface area contributed by atoms with Gasteiger partial charge < -0.3 is 15.3 Å². The molecule has 0 heterocycles. The van der Waals surface area contributed by atoms with Crippen LogP contribution in [0.1, 0.15) is 34.1 Å². The van der Waals surface area contributed by atoms with E-state index in [4.69, 9.17) is 38.5 Å². The van der Waals surface area contributed by atoms with Gasteiger partial charge in [-0.1, -0.05) is 30.1 Å². The zero-order chi connectivity index (χ0) is 16.5. The molecule has 5 nitrogen and oxygen atoms in total. The molecule has 0 atom stereocenters. The van der Waals surface area contributed by atoms with Crippen molar-refractivity contribution in [2.75, 3.05) is 19.8 Å². The molecule has 118 valence electrons. The number of hydrogen-bond acceptors (Lipinski definition) is 5. The predicted octanol–water partition coefficient (Wildman–Crippen LogP) is 1.98. The molecule has 1 aromatic carbocycles. The number of carbonyl (C=O) groups excluding carboxylic acids is 2. The van der Waals surface area contributed by atoms with Gasteiger partial charge in [0.25, 0.3) is 0 Å². The highest BCUT2D eigenvalue weighted by molar-refractivity contribution is 6.36. The number of benzene rings is 1. The number of halogens is 2. The molecule has 0 fully saturated rings. The summed E-state index contributed by atoms with van der Waals surface area (Å²) in [6, 6.07) is 2.72. The average molecular weight is 337 g/mol. The Kier molecular flexibility index (Phi) is 9.41. The van der Waals surface area contributed by atoms with Crippen molar-refractivity contribution in [3.8, 4) is 0 Å². The fourth-order valence-electron chi connectivity index (χ4n) is 1.24. The molecule has 0 aliphatic rings. The van der Waals surface area contributed by atoms with Crippen molar-refractivity contribution in [1.82, 2.24) is 0 Å². The minimum atomic E-state index is -0.667. The lowest BCUT2D eigenvalue weighted by Crippen LogP contribution is -2.32. The first-order chi connectivity index (χ1) is 9.93. The first kappa shape index (κ1) is 20.0. The van der Waals surface area contributed by atoms with Gasteiger partial charge in [-0.15, -0.1) is 0 Å². The molecule has 1 aromatic rings. The number of aldehydes is 2. The predicted molar refractivity (Wildman–Crippen MR) is 81.2 cm³/mol. The van der Waals surface area contributed by atoms with Crippen molar-refractivity contribution in [3.63, 3.8) is 0 Å². The molecule has 0 aliphatic heterocycles. The van der Waals surface area contributed by atoms with Gasteiger partial charge >= 0.3 is 0 Å². The Morgan fingerprint density at radius 1 is 0.952 bits per heavy atom. The van der Waals surface area contributed by atoms with E-state index in [-0.39, 0.29) is 41.0 Å². The number of carbonyl (C=O) groups is 2. The Labute approximate surface area is 133 Å². The Balaban J connectivity index is 0.000000400. The highest BCUT2D eigenvalue weighted by Gasteiger charge is 2.24. The van der Waals surface area contributed by atoms with Crippen LogP contribution in [0.4, 0.5) is 0 Å². The van der Waals surface area contributed by atoms with Crippen LogP contribution in [0.2, 0.25) is 10.0 Å². The lowest BCUT2D eigenvalue weighted by Gasteiger charge is -2.24. The highest BCUT2D eigenvalue weighted by Crippen LogP contribution is 2.22. The molecule has 1 rings (SSSR count). The largest absolute Gasteiger partial charge is 0.396 e. The van der Waals surface area contributed by atoms with Gasteiger partial charge in [-0.2, -0.15) is 0 Å². The SMILES string of the molecule is CCC(CO)(CO)CO.O=Cc1cc(Cl)c(C=O)cc1Cl. The van der Waals surface area contributed by atoms with Gasteiger partial charge in [0.05, 0.1) is 29.9 Å². The summed E-state index contributed by atoms with van der Waals surface area (Å²) in [5.41, 5.74) is -0.0977. The minimum Gasteiger partial charge on any atom is -0.396 e. The summed E-state index contributed by atoms with van der Waals surface area (Å²) in [5.74, 6) is 0. The van der Waals surface area contributed by atoms with Crippen molar-refractivity contribution < 1.29 is 24.9 Å². The summed E-state index contributed by atoms with van der Waals surface area (Å²) in [6.45, 7) is 1.35. The lowest BCUT2D eigenvalue weighted by atomic mass is 9.88. The summed E-state index contributed by atoms with van der Waals surface area (Å²) < 4.78 is 0. The lowest BCUT2D eigenvalue weighted by molar-refractivity contribution is 0.00304. The van der Waals surface area contributed by atoms with Crippen LogP contribution in [-0.2, 0) is 0 Å². The molecule has 0 aromatic heterocycles. The maximum absolute atomic E-state index is 10.3. The molecule has 0 bridgehead atoms. The van der Waals surface area contributed by atoms with E-state index in [1.807, 2.05) is 6.92 Å². The smallest absolute Gasteiger partial charge is 0.151 e. The van der Waals surface area contributed by atoms with Gasteiger partial charge in [0.2, 0.25) is 0 Å². The van der Waals surface area contributed by atoms with Gasteiger partial charge in [0.1, 0.15) is 0 Å². The Morgan fingerprint density at radius 2 is 1.29 bits per heavy atom. The molecule has 0 aliphatic carbocycles. The van der Waals surface area contributed by atoms with E-state index < -0.39 is 5.41 Å². The number of aliphatic hydroxyl groups excluding tert-OH is 3. The second-order valence-electron chi connectivity index (χ2n) is 4.46. The standard InChI is InChI=1S/C8H4Cl2O2.C6H14O3/c9-7-1-5(3-11)8(10)2-6(7)4-12;1-2-6(3-7,4-8)5-9/h1-4H;7-9H,2-5H2,1H3. The van der Waals surface area contributed by atoms with E-state index in [0.29, 0.717) is 19.0 Å². The second kappa shape index (κ2) is 9.87. The summed E-state index contributed by atoms with van der Waals surface area (Å²) in [6.07, 6.45) is 1.77. The summed E-state index contributed by atoms with van der Waals surface area (Å²) in [5, 5.41) is 26.4. The summed E-state index contributed by atoms with van der Waals surface area (Å²) >= 11 is 11.3. The van der Waals surface area contributed by atoms with E-state index in [0.717, 1.165) is 0 Å². The summed E-state index contributed by atoms with van der Waals surface area (Å²) in [4.78, 5) is 20.7. The third-order valence-corrected chi connectivity index (χ3v) is 3.78. The van der Waals surface area contributed by atoms with Crippen LogP contribution >= 0.6 is 23.2 Å². The van der Waals surface area contributed by atoms with Crippen molar-refractivity contribution >= 4 is 35.8 Å². The van der Waals surface area contributed by atoms with E-state index in [1.165, 1.54) is 12.1 Å². The maximum Gasteiger partial charge on any atom is 0.151 e. The van der Waals surface area contributed by atoms with E-state index in [2.05, 4.69) is 0 Å². The van der Waals surface area contributed by atoms with Crippen molar-refractivity contribution in [1.29, 1.82) is 0 Å². The van der Waals surface area contributed by atoms with Gasteiger partial charge in [-0.3, -0.25) is 9.59 Å². The zero-order valence-electron chi connectivity index (χ0n) is 11.6. The van der Waals surface area contributed by atoms with Gasteiger partial charge in [0, 0.05) is 16.5 Å². The van der Waals surface area contributed by atoms with Crippen molar-refractivity contribution in [2.45, 2.75) is 13.3 Å². The third kappa shape index (κ3) is 5.73. The molecule has 3 N–H and O–H groups in total. The fourth-order valence-corrected chi connectivity index (χ4v) is 1.68. The van der Waals surface area contributed by atoms with Crippen LogP contribution in [-0.4, -0.2) is 47.7 Å². The fraction of sp³-hybridized carbons (Fsp3) is 0.429. The highest BCUT2D eigenvalue weighted by atomic mass is 35.5. The van der Waals surface area contributed by atoms with Crippen LogP contribution in [0.5, 0.6) is 0 Å². The van der Waals surface area contributed by atoms with E-state index in [9.17, 15) is 9.59 Å². The van der Waals surface area contributed by atoms with E-state index in [1.54, 1.807) is 0 Å². The first-order valence-electron chi connectivity index (χ1n) is 6.15. The molecule has 0 spiro atoms. The monoisotopic (exact) mass is 336 g/mol. The normalized spacial score (nSPS) is 10.6. The molecular weight excluding hydrogens is 319 g/mol. The van der Waals surface area contributed by atoms with Crippen LogP contribution in [0.25, 0.3) is 0 Å². The molecule has 0 saturated carbocycles. The molecule has 0 saturated heterocycles.